The van der Waals surface area contributed by atoms with Gasteiger partial charge in [-0.2, -0.15) is 0 Å². The van der Waals surface area contributed by atoms with Gasteiger partial charge < -0.3 is 54.7 Å². The molecular weight excluding hydrogens is 552 g/mol. The second kappa shape index (κ2) is 8.00. The van der Waals surface area contributed by atoms with Gasteiger partial charge in [-0.15, -0.1) is 0 Å². The molecule has 3 aromatic rings. The second-order valence-corrected chi connectivity index (χ2v) is 11.4. The lowest BCUT2D eigenvalue weighted by molar-refractivity contribution is -0.290. The van der Waals surface area contributed by atoms with Crippen LogP contribution in [-0.4, -0.2) is 71.2 Å². The van der Waals surface area contributed by atoms with Crippen molar-refractivity contribution in [3.8, 4) is 46.0 Å². The average Bonchev–Trinajstić information content (AvgIpc) is 3.22. The van der Waals surface area contributed by atoms with E-state index in [1.165, 1.54) is 36.4 Å². The third kappa shape index (κ3) is 3.19. The number of phenols is 5. The van der Waals surface area contributed by atoms with Crippen LogP contribution in [0, 0.1) is 0 Å². The summed E-state index contributed by atoms with van der Waals surface area (Å²) in [6.07, 6.45) is -3.23. The van der Waals surface area contributed by atoms with Crippen LogP contribution in [0.4, 0.5) is 0 Å². The molecule has 12 nitrogen and oxygen atoms in total. The van der Waals surface area contributed by atoms with Gasteiger partial charge in [0.05, 0.1) is 18.1 Å². The van der Waals surface area contributed by atoms with Crippen molar-refractivity contribution in [2.75, 3.05) is 0 Å². The van der Waals surface area contributed by atoms with E-state index in [2.05, 4.69) is 0 Å². The van der Waals surface area contributed by atoms with Gasteiger partial charge >= 0.3 is 0 Å². The van der Waals surface area contributed by atoms with Gasteiger partial charge in [-0.05, 0) is 23.8 Å². The molecule has 0 unspecified atom stereocenters. The summed E-state index contributed by atoms with van der Waals surface area (Å²) in [4.78, 5) is 13.3. The van der Waals surface area contributed by atoms with Gasteiger partial charge in [0, 0.05) is 47.7 Å². The Morgan fingerprint density at radius 3 is 2.40 bits per heavy atom. The number of benzene rings is 3. The third-order valence-corrected chi connectivity index (χ3v) is 8.81. The van der Waals surface area contributed by atoms with Crippen LogP contribution in [0.5, 0.6) is 46.0 Å². The maximum absolute atomic E-state index is 13.3. The lowest BCUT2D eigenvalue weighted by Crippen LogP contribution is -2.70. The lowest BCUT2D eigenvalue weighted by Gasteiger charge is -2.53. The first-order valence-corrected chi connectivity index (χ1v) is 13.3. The van der Waals surface area contributed by atoms with E-state index in [0.717, 1.165) is 6.07 Å². The van der Waals surface area contributed by atoms with E-state index in [0.29, 0.717) is 22.3 Å². The molecule has 12 heteroatoms. The number of ether oxygens (including phenoxy) is 4. The standard InChI is InChI=1S/C30H24O12/c31-12-4-17(33)13-7-23-28(39-21(13)5-12)29-10-30(38,42-23)24(37)8-15(29)25-22(41-29)9-18(34)14-6-20(36)26(40-27(14)25)11-1-2-16(32)19(35)3-11/h1-5,8-9,20,23,26,28,31-36,38H,6-7,10H2/t20-,23-,26+,28-,29-,30-/m0/s1. The number of ketones is 1. The summed E-state index contributed by atoms with van der Waals surface area (Å²) in [5.74, 6) is -3.95. The first-order chi connectivity index (χ1) is 20.0. The molecule has 0 radical (unpaired) electrons. The minimum absolute atomic E-state index is 0.0366. The number of aromatic hydroxyl groups is 5. The van der Waals surface area contributed by atoms with E-state index in [1.54, 1.807) is 0 Å². The molecule has 42 heavy (non-hydrogen) atoms. The summed E-state index contributed by atoms with van der Waals surface area (Å²) in [7, 11) is 0. The summed E-state index contributed by atoms with van der Waals surface area (Å²) in [6.45, 7) is 0. The van der Waals surface area contributed by atoms with Crippen LogP contribution < -0.4 is 14.2 Å². The van der Waals surface area contributed by atoms with Gasteiger partial charge in [0.2, 0.25) is 11.6 Å². The van der Waals surface area contributed by atoms with Crippen molar-refractivity contribution in [3.05, 3.63) is 64.7 Å². The Bertz CT molecular complexity index is 1760. The molecule has 7 N–H and O–H groups in total. The van der Waals surface area contributed by atoms with Crippen molar-refractivity contribution >= 4 is 11.4 Å². The minimum atomic E-state index is -2.26. The van der Waals surface area contributed by atoms with E-state index in [-0.39, 0.29) is 65.1 Å². The molecule has 0 aromatic heterocycles. The molecule has 4 heterocycles. The SMILES string of the molecule is O=C1C=C2c3c(cc(O)c4c3O[C@H](c3ccc(O)c(O)c3)[C@@H](O)C4)O[C@@]23C[C@]1(O)O[C@H]1Cc2c(O)cc(O)cc2O[C@@H]13. The molecule has 3 aromatic carbocycles. The third-order valence-electron chi connectivity index (χ3n) is 8.81. The first-order valence-electron chi connectivity index (χ1n) is 13.3. The van der Waals surface area contributed by atoms with Crippen LogP contribution in [0.2, 0.25) is 0 Å². The molecule has 6 atom stereocenters. The summed E-state index contributed by atoms with van der Waals surface area (Å²) < 4.78 is 24.9. The van der Waals surface area contributed by atoms with Crippen LogP contribution in [0.3, 0.4) is 0 Å². The molecule has 4 aliphatic heterocycles. The molecule has 1 fully saturated rings. The monoisotopic (exact) mass is 576 g/mol. The number of hydrogen-bond acceptors (Lipinski definition) is 12. The van der Waals surface area contributed by atoms with Crippen LogP contribution in [-0.2, 0) is 22.4 Å². The first kappa shape index (κ1) is 25.1. The van der Waals surface area contributed by atoms with Gasteiger partial charge in [-0.1, -0.05) is 6.07 Å². The zero-order chi connectivity index (χ0) is 29.3. The predicted molar refractivity (Wildman–Crippen MR) is 140 cm³/mol. The molecule has 1 aliphatic carbocycles. The quantitative estimate of drug-likeness (QED) is 0.208. The van der Waals surface area contributed by atoms with Crippen LogP contribution in [0.25, 0.3) is 5.57 Å². The zero-order valence-electron chi connectivity index (χ0n) is 21.6. The predicted octanol–water partition coefficient (Wildman–Crippen LogP) is 1.83. The van der Waals surface area contributed by atoms with Crippen molar-refractivity contribution in [3.63, 3.8) is 0 Å². The Labute approximate surface area is 236 Å². The van der Waals surface area contributed by atoms with Crippen molar-refractivity contribution in [1.82, 2.24) is 0 Å². The van der Waals surface area contributed by atoms with E-state index in [9.17, 15) is 40.5 Å². The van der Waals surface area contributed by atoms with E-state index in [1.807, 2.05) is 0 Å². The van der Waals surface area contributed by atoms with Gasteiger partial charge in [-0.25, -0.2) is 0 Å². The molecule has 216 valence electrons. The Balaban J connectivity index is 1.28. The molecule has 2 bridgehead atoms. The van der Waals surface area contributed by atoms with Gasteiger partial charge in [0.1, 0.15) is 46.7 Å². The molecule has 5 aliphatic rings. The Morgan fingerprint density at radius 2 is 1.62 bits per heavy atom. The Hall–Kier alpha value is -4.65. The fraction of sp³-hybridized carbons (Fsp3) is 0.300. The van der Waals surface area contributed by atoms with Crippen molar-refractivity contribution in [2.45, 2.75) is 55.1 Å². The van der Waals surface area contributed by atoms with Crippen LogP contribution >= 0.6 is 0 Å². The molecular formula is C30H24O12. The molecule has 1 saturated heterocycles. The highest BCUT2D eigenvalue weighted by Gasteiger charge is 2.69. The number of rotatable bonds is 1. The highest BCUT2D eigenvalue weighted by molar-refractivity contribution is 6.08. The zero-order valence-corrected chi connectivity index (χ0v) is 21.6. The average molecular weight is 577 g/mol. The number of phenolic OH excluding ortho intramolecular Hbond substituents is 5. The highest BCUT2D eigenvalue weighted by Crippen LogP contribution is 2.62. The van der Waals surface area contributed by atoms with E-state index >= 15 is 0 Å². The topological polar surface area (TPSA) is 196 Å². The van der Waals surface area contributed by atoms with Crippen molar-refractivity contribution in [2.24, 2.45) is 0 Å². The summed E-state index contributed by atoms with van der Waals surface area (Å²) in [6, 6.07) is 7.87. The summed E-state index contributed by atoms with van der Waals surface area (Å²) in [5, 5.41) is 73.6. The maximum Gasteiger partial charge on any atom is 0.235 e. The fourth-order valence-electron chi connectivity index (χ4n) is 6.94. The fourth-order valence-corrected chi connectivity index (χ4v) is 6.94. The summed E-state index contributed by atoms with van der Waals surface area (Å²) >= 11 is 0. The molecule has 1 spiro atoms. The normalized spacial score (nSPS) is 31.7. The van der Waals surface area contributed by atoms with Gasteiger partial charge in [-0.3, -0.25) is 4.79 Å². The Morgan fingerprint density at radius 1 is 0.833 bits per heavy atom. The second-order valence-electron chi connectivity index (χ2n) is 11.4. The molecule has 0 saturated carbocycles. The van der Waals surface area contributed by atoms with E-state index in [4.69, 9.17) is 18.9 Å². The number of carbonyl (C=O) groups is 1. The van der Waals surface area contributed by atoms with Gasteiger partial charge in [0.15, 0.2) is 23.2 Å². The number of hydrogen-bond donors (Lipinski definition) is 7. The van der Waals surface area contributed by atoms with E-state index < -0.39 is 47.3 Å². The van der Waals surface area contributed by atoms with Crippen molar-refractivity contribution in [1.29, 1.82) is 0 Å². The largest absolute Gasteiger partial charge is 0.508 e. The minimum Gasteiger partial charge on any atom is -0.508 e. The number of aliphatic hydroxyl groups is 2. The smallest absolute Gasteiger partial charge is 0.235 e. The highest BCUT2D eigenvalue weighted by atomic mass is 16.7. The van der Waals surface area contributed by atoms with Gasteiger partial charge in [0.25, 0.3) is 0 Å². The molecule has 8 rings (SSSR count). The number of fused-ring (bicyclic) bond motifs is 7. The van der Waals surface area contributed by atoms with Crippen LogP contribution in [0.1, 0.15) is 34.8 Å². The maximum atomic E-state index is 13.3. The van der Waals surface area contributed by atoms with Crippen molar-refractivity contribution < 1.29 is 59.5 Å². The Kier molecular flexibility index (Phi) is 4.78. The lowest BCUT2D eigenvalue weighted by atomic mass is 9.69. The number of aliphatic hydroxyl groups excluding tert-OH is 1. The number of carbonyl (C=O) groups excluding carboxylic acids is 1. The summed E-state index contributed by atoms with van der Waals surface area (Å²) in [5.41, 5.74) is 0.0962. The van der Waals surface area contributed by atoms with Crippen LogP contribution in [0.15, 0.2) is 42.5 Å². The molecule has 0 amide bonds.